The number of amides is 1. The van der Waals surface area contributed by atoms with E-state index in [-0.39, 0.29) is 52.7 Å². The quantitative estimate of drug-likeness (QED) is 0.102. The van der Waals surface area contributed by atoms with E-state index in [0.717, 1.165) is 19.4 Å². The van der Waals surface area contributed by atoms with Crippen molar-refractivity contribution in [1.82, 2.24) is 34.7 Å². The summed E-state index contributed by atoms with van der Waals surface area (Å²) < 4.78 is 67.4. The van der Waals surface area contributed by atoms with Gasteiger partial charge in [-0.2, -0.15) is 9.97 Å². The van der Waals surface area contributed by atoms with Crippen molar-refractivity contribution >= 4 is 39.5 Å². The molecule has 55 heavy (non-hydrogen) atoms. The number of terminal acetylenes is 1. The zero-order valence-electron chi connectivity index (χ0n) is 30.6. The Labute approximate surface area is 315 Å². The van der Waals surface area contributed by atoms with Gasteiger partial charge in [-0.15, -0.1) is 6.42 Å². The number of hydrogen-bond acceptors (Lipinski definition) is 9. The molecular formula is C41H38F4N8O2. The first-order valence-electron chi connectivity index (χ1n) is 18.2. The lowest BCUT2D eigenvalue weighted by molar-refractivity contribution is -0.124. The molecule has 1 amide bonds. The van der Waals surface area contributed by atoms with Gasteiger partial charge >= 0.3 is 6.01 Å². The summed E-state index contributed by atoms with van der Waals surface area (Å²) in [5.41, 5.74) is -0.142. The predicted octanol–water partition coefficient (Wildman–Crippen LogP) is 6.36. The van der Waals surface area contributed by atoms with Crippen molar-refractivity contribution in [1.29, 1.82) is 0 Å². The number of halogens is 4. The lowest BCUT2D eigenvalue weighted by atomic mass is 9.95. The van der Waals surface area contributed by atoms with Gasteiger partial charge in [0, 0.05) is 62.4 Å². The number of likely N-dealkylation sites (tertiary alicyclic amines) is 1. The van der Waals surface area contributed by atoms with Gasteiger partial charge in [0.05, 0.1) is 22.2 Å². The van der Waals surface area contributed by atoms with Gasteiger partial charge in [0.25, 0.3) is 0 Å². The first-order chi connectivity index (χ1) is 26.5. The molecule has 0 radical (unpaired) electrons. The van der Waals surface area contributed by atoms with Crippen molar-refractivity contribution in [2.24, 2.45) is 0 Å². The van der Waals surface area contributed by atoms with Crippen molar-refractivity contribution in [3.63, 3.8) is 0 Å². The standard InChI is InChI=1S/C41H38F4N8O2/c1-5-28-31(43)11-10-25-8-6-9-29(34(25)28)37-36(45)38-30(19-46-37)39(50-40(49-38)55-22-41-15-7-16-53(41)20-26(42)18-41)51(4)27-14-17-52(21-27)33(54)13-12-32-35(44)23(2)47-24(3)48-32/h1,6,8-13,19,26-27H,7,14-18,20-22H2,2-4H3/b13-12+/t26-,27-,41?/m1/s1. The molecule has 3 fully saturated rings. The van der Waals surface area contributed by atoms with E-state index in [4.69, 9.17) is 16.1 Å². The third kappa shape index (κ3) is 6.50. The summed E-state index contributed by atoms with van der Waals surface area (Å²) in [6.07, 6.45) is 11.4. The molecule has 5 aromatic rings. The molecule has 3 aromatic heterocycles. The summed E-state index contributed by atoms with van der Waals surface area (Å²) in [7, 11) is 1.79. The van der Waals surface area contributed by atoms with E-state index in [0.29, 0.717) is 65.8 Å². The van der Waals surface area contributed by atoms with E-state index >= 15 is 4.39 Å². The zero-order valence-corrected chi connectivity index (χ0v) is 30.6. The zero-order chi connectivity index (χ0) is 38.6. The number of alkyl halides is 1. The molecule has 0 N–H and O–H groups in total. The third-order valence-corrected chi connectivity index (χ3v) is 11.2. The Morgan fingerprint density at radius 3 is 2.75 bits per heavy atom. The number of rotatable bonds is 8. The molecule has 3 saturated heterocycles. The van der Waals surface area contributed by atoms with Gasteiger partial charge in [-0.05, 0) is 57.2 Å². The van der Waals surface area contributed by atoms with E-state index in [2.05, 4.69) is 30.8 Å². The molecule has 14 heteroatoms. The van der Waals surface area contributed by atoms with Crippen LogP contribution in [0.25, 0.3) is 39.0 Å². The molecular weight excluding hydrogens is 712 g/mol. The molecule has 3 atom stereocenters. The van der Waals surface area contributed by atoms with E-state index in [1.165, 1.54) is 31.3 Å². The number of anilines is 1. The fourth-order valence-corrected chi connectivity index (χ4v) is 8.41. The molecule has 3 aliphatic rings. The van der Waals surface area contributed by atoms with Crippen LogP contribution in [0.1, 0.15) is 48.5 Å². The maximum absolute atomic E-state index is 17.0. The minimum Gasteiger partial charge on any atom is -0.461 e. The van der Waals surface area contributed by atoms with Crippen LogP contribution in [0.2, 0.25) is 0 Å². The van der Waals surface area contributed by atoms with Gasteiger partial charge in [-0.3, -0.25) is 14.7 Å². The molecule has 8 rings (SSSR count). The Morgan fingerprint density at radius 1 is 1.09 bits per heavy atom. The first-order valence-corrected chi connectivity index (χ1v) is 18.2. The lowest BCUT2D eigenvalue weighted by Gasteiger charge is -2.31. The fourth-order valence-electron chi connectivity index (χ4n) is 8.41. The molecule has 0 spiro atoms. The molecule has 1 unspecified atom stereocenters. The SMILES string of the molecule is C#Cc1c(F)ccc2cccc(-c3ncc4c(N(C)[C@@H]5CCN(C(=O)/C=C/c6nc(C)nc(C)c6F)C5)nc(OCC56CCCN5C[C@H](F)C6)nc4c3F)c12. The van der Waals surface area contributed by atoms with Crippen LogP contribution >= 0.6 is 0 Å². The highest BCUT2D eigenvalue weighted by Crippen LogP contribution is 2.41. The van der Waals surface area contributed by atoms with Gasteiger partial charge in [0.2, 0.25) is 5.91 Å². The summed E-state index contributed by atoms with van der Waals surface area (Å²) in [4.78, 5) is 40.8. The number of carbonyl (C=O) groups excluding carboxylic acids is 1. The summed E-state index contributed by atoms with van der Waals surface area (Å²) in [5, 5.41) is 1.25. The van der Waals surface area contributed by atoms with E-state index in [9.17, 15) is 18.0 Å². The van der Waals surface area contributed by atoms with Crippen LogP contribution in [-0.4, -0.2) is 98.2 Å². The molecule has 10 nitrogen and oxygen atoms in total. The highest BCUT2D eigenvalue weighted by atomic mass is 19.1. The molecule has 3 aliphatic heterocycles. The van der Waals surface area contributed by atoms with Crippen molar-refractivity contribution in [3.8, 4) is 29.6 Å². The number of likely N-dealkylation sites (N-methyl/N-ethyl adjacent to an activating group) is 1. The molecule has 282 valence electrons. The summed E-state index contributed by atoms with van der Waals surface area (Å²) in [6.45, 7) is 5.12. The van der Waals surface area contributed by atoms with Crippen LogP contribution < -0.4 is 9.64 Å². The van der Waals surface area contributed by atoms with Crippen LogP contribution in [0.3, 0.4) is 0 Å². The fraction of sp³-hybridized carbons (Fsp3) is 0.366. The molecule has 6 heterocycles. The first kappa shape index (κ1) is 36.3. The smallest absolute Gasteiger partial charge is 0.319 e. The van der Waals surface area contributed by atoms with E-state index in [1.54, 1.807) is 43.1 Å². The van der Waals surface area contributed by atoms with Crippen molar-refractivity contribution in [3.05, 3.63) is 82.8 Å². The van der Waals surface area contributed by atoms with Crippen LogP contribution in [0, 0.1) is 43.6 Å². The maximum Gasteiger partial charge on any atom is 0.319 e. The Kier molecular flexibility index (Phi) is 9.37. The van der Waals surface area contributed by atoms with Crippen LogP contribution in [0.5, 0.6) is 6.01 Å². The summed E-state index contributed by atoms with van der Waals surface area (Å²) >= 11 is 0. The summed E-state index contributed by atoms with van der Waals surface area (Å²) in [6, 6.07) is 7.62. The maximum atomic E-state index is 17.0. The average molecular weight is 751 g/mol. The normalized spacial score (nSPS) is 21.2. The largest absolute Gasteiger partial charge is 0.461 e. The Morgan fingerprint density at radius 2 is 1.93 bits per heavy atom. The van der Waals surface area contributed by atoms with Crippen LogP contribution in [0.4, 0.5) is 23.4 Å². The number of aryl methyl sites for hydroxylation is 2. The number of ether oxygens (including phenoxy) is 1. The minimum atomic E-state index is -0.969. The number of carbonyl (C=O) groups is 1. The number of aromatic nitrogens is 5. The highest BCUT2D eigenvalue weighted by Gasteiger charge is 2.49. The van der Waals surface area contributed by atoms with Gasteiger partial charge in [-0.25, -0.2) is 27.5 Å². The van der Waals surface area contributed by atoms with Crippen LogP contribution in [0.15, 0.2) is 42.6 Å². The Hall–Kier alpha value is -5.68. The van der Waals surface area contributed by atoms with Crippen LogP contribution in [-0.2, 0) is 4.79 Å². The van der Waals surface area contributed by atoms with Gasteiger partial charge in [0.1, 0.15) is 47.1 Å². The summed E-state index contributed by atoms with van der Waals surface area (Å²) in [5.74, 6) is 0.825. The molecule has 0 bridgehead atoms. The molecule has 2 aromatic carbocycles. The van der Waals surface area contributed by atoms with Gasteiger partial charge in [0.15, 0.2) is 11.6 Å². The number of benzene rings is 2. The van der Waals surface area contributed by atoms with Gasteiger partial charge in [-0.1, -0.05) is 30.2 Å². The highest BCUT2D eigenvalue weighted by molar-refractivity contribution is 6.02. The molecule has 0 saturated carbocycles. The number of fused-ring (bicyclic) bond motifs is 3. The second-order valence-electron chi connectivity index (χ2n) is 14.6. The second-order valence-corrected chi connectivity index (χ2v) is 14.6. The Bertz CT molecular complexity index is 2440. The number of hydrogen-bond donors (Lipinski definition) is 0. The van der Waals surface area contributed by atoms with Crippen molar-refractivity contribution < 1.29 is 27.1 Å². The number of pyridine rings is 1. The number of nitrogens with zero attached hydrogens (tertiary/aromatic N) is 8. The van der Waals surface area contributed by atoms with E-state index < -0.39 is 29.2 Å². The third-order valence-electron chi connectivity index (χ3n) is 11.2. The van der Waals surface area contributed by atoms with Crippen molar-refractivity contribution in [2.75, 3.05) is 44.7 Å². The Balaban J connectivity index is 1.15. The average Bonchev–Trinajstić information content (AvgIpc) is 3.89. The lowest BCUT2D eigenvalue weighted by Crippen LogP contribution is -2.43. The minimum absolute atomic E-state index is 0.00721. The van der Waals surface area contributed by atoms with E-state index in [1.807, 2.05) is 4.90 Å². The molecule has 0 aliphatic carbocycles. The monoisotopic (exact) mass is 750 g/mol. The topological polar surface area (TPSA) is 100 Å². The van der Waals surface area contributed by atoms with Gasteiger partial charge < -0.3 is 14.5 Å². The predicted molar refractivity (Wildman–Crippen MR) is 201 cm³/mol. The second kappa shape index (κ2) is 14.2. The van der Waals surface area contributed by atoms with Crippen molar-refractivity contribution in [2.45, 2.75) is 57.3 Å².